The zero-order chi connectivity index (χ0) is 13.9. The zero-order valence-corrected chi connectivity index (χ0v) is 13.0. The number of morpholine rings is 1. The van der Waals surface area contributed by atoms with E-state index in [4.69, 9.17) is 4.74 Å². The largest absolute Gasteiger partial charge is 0.401 e. The van der Waals surface area contributed by atoms with Crippen molar-refractivity contribution >= 4 is 30.7 Å². The smallest absolute Gasteiger partial charge is 0.378 e. The van der Waals surface area contributed by atoms with Crippen molar-refractivity contribution in [2.75, 3.05) is 52.5 Å². The Bertz CT molecular complexity index is 320. The topological polar surface area (TPSA) is 44.8 Å². The summed E-state index contributed by atoms with van der Waals surface area (Å²) in [6.45, 7) is 1.85. The van der Waals surface area contributed by atoms with Crippen molar-refractivity contribution in [3.63, 3.8) is 0 Å². The number of hydrogen-bond donors (Lipinski definition) is 1. The highest BCUT2D eigenvalue weighted by molar-refractivity contribution is 5.85. The van der Waals surface area contributed by atoms with Gasteiger partial charge in [0.15, 0.2) is 0 Å². The first-order valence-electron chi connectivity index (χ1n) is 6.35. The number of carbonyl (C=O) groups excluding carboxylic acids is 1. The number of rotatable bonds is 2. The fraction of sp³-hybridized carbons (Fsp3) is 0.909. The molecule has 0 aromatic heterocycles. The van der Waals surface area contributed by atoms with Crippen LogP contribution in [0.5, 0.6) is 0 Å². The molecule has 2 aliphatic rings. The predicted octanol–water partition coefficient (Wildman–Crippen LogP) is 0.525. The van der Waals surface area contributed by atoms with Crippen molar-refractivity contribution in [1.29, 1.82) is 0 Å². The summed E-state index contributed by atoms with van der Waals surface area (Å²) in [4.78, 5) is 15.0. The van der Waals surface area contributed by atoms with E-state index in [1.165, 1.54) is 4.90 Å². The lowest BCUT2D eigenvalue weighted by atomic mass is 10.2. The van der Waals surface area contributed by atoms with Crippen molar-refractivity contribution in [2.24, 2.45) is 0 Å². The lowest BCUT2D eigenvalue weighted by molar-refractivity contribution is -0.152. The third kappa shape index (κ3) is 6.56. The summed E-state index contributed by atoms with van der Waals surface area (Å²) in [5.74, 6) is -0.0774. The highest BCUT2D eigenvalue weighted by Gasteiger charge is 2.34. The summed E-state index contributed by atoms with van der Waals surface area (Å²) in [6.07, 6.45) is -4.18. The van der Waals surface area contributed by atoms with E-state index >= 15 is 0 Å². The van der Waals surface area contributed by atoms with Gasteiger partial charge in [-0.3, -0.25) is 9.69 Å². The van der Waals surface area contributed by atoms with Gasteiger partial charge in [-0.15, -0.1) is 24.8 Å². The molecule has 0 radical (unpaired) electrons. The van der Waals surface area contributed by atoms with E-state index in [0.29, 0.717) is 32.8 Å². The molecule has 21 heavy (non-hydrogen) atoms. The molecule has 2 fully saturated rings. The molecule has 0 aliphatic carbocycles. The Labute approximate surface area is 134 Å². The number of ether oxygens (including phenoxy) is 1. The fourth-order valence-electron chi connectivity index (χ4n) is 2.32. The first kappa shape index (κ1) is 20.7. The first-order chi connectivity index (χ1) is 8.96. The molecule has 2 saturated heterocycles. The van der Waals surface area contributed by atoms with Crippen molar-refractivity contribution in [3.05, 3.63) is 0 Å². The number of nitrogens with one attached hydrogen (secondary N) is 1. The molecule has 2 rings (SSSR count). The van der Waals surface area contributed by atoms with Gasteiger partial charge in [0.25, 0.3) is 0 Å². The molecule has 0 bridgehead atoms. The maximum atomic E-state index is 12.2. The molecule has 1 N–H and O–H groups in total. The number of piperazine rings is 1. The van der Waals surface area contributed by atoms with Crippen LogP contribution in [0.25, 0.3) is 0 Å². The molecule has 126 valence electrons. The minimum Gasteiger partial charge on any atom is -0.378 e. The Morgan fingerprint density at radius 1 is 1.19 bits per heavy atom. The molecule has 1 atom stereocenters. The minimum atomic E-state index is -4.18. The summed E-state index contributed by atoms with van der Waals surface area (Å²) >= 11 is 0. The zero-order valence-electron chi connectivity index (χ0n) is 11.4. The summed E-state index contributed by atoms with van der Waals surface area (Å²) in [5, 5.41) is 3.06. The third-order valence-corrected chi connectivity index (χ3v) is 3.31. The number of carbonyl (C=O) groups is 1. The van der Waals surface area contributed by atoms with Gasteiger partial charge in [-0.1, -0.05) is 0 Å². The highest BCUT2D eigenvalue weighted by atomic mass is 35.5. The summed E-state index contributed by atoms with van der Waals surface area (Å²) in [5.41, 5.74) is 0. The Kier molecular flexibility index (Phi) is 8.87. The minimum absolute atomic E-state index is 0. The Morgan fingerprint density at radius 3 is 2.29 bits per heavy atom. The molecule has 5 nitrogen and oxygen atoms in total. The van der Waals surface area contributed by atoms with Crippen LogP contribution in [-0.2, 0) is 9.53 Å². The van der Waals surface area contributed by atoms with Crippen molar-refractivity contribution < 1.29 is 22.7 Å². The third-order valence-electron chi connectivity index (χ3n) is 3.31. The average Bonchev–Trinajstić information content (AvgIpc) is 2.38. The molecular formula is C11H20Cl2F3N3O2. The number of amides is 1. The van der Waals surface area contributed by atoms with E-state index in [1.807, 2.05) is 0 Å². The molecular weight excluding hydrogens is 334 g/mol. The molecule has 10 heteroatoms. The Morgan fingerprint density at radius 2 is 1.81 bits per heavy atom. The van der Waals surface area contributed by atoms with Crippen LogP contribution in [0, 0.1) is 0 Å². The maximum Gasteiger partial charge on any atom is 0.401 e. The van der Waals surface area contributed by atoms with Crippen molar-refractivity contribution in [1.82, 2.24) is 15.1 Å². The van der Waals surface area contributed by atoms with E-state index in [1.54, 1.807) is 4.90 Å². The number of nitrogens with zero attached hydrogens (tertiary/aromatic N) is 2. The van der Waals surface area contributed by atoms with Gasteiger partial charge < -0.3 is 15.0 Å². The van der Waals surface area contributed by atoms with Crippen LogP contribution in [0.1, 0.15) is 0 Å². The second-order valence-corrected chi connectivity index (χ2v) is 4.80. The summed E-state index contributed by atoms with van der Waals surface area (Å²) < 4.78 is 41.9. The molecule has 0 saturated carbocycles. The highest BCUT2D eigenvalue weighted by Crippen LogP contribution is 2.17. The second-order valence-electron chi connectivity index (χ2n) is 4.80. The van der Waals surface area contributed by atoms with Crippen LogP contribution in [0.3, 0.4) is 0 Å². The SMILES string of the molecule is Cl.Cl.O=C(C1COCCN1)N1CCN(CC(F)(F)F)CC1. The second kappa shape index (κ2) is 8.99. The van der Waals surface area contributed by atoms with Gasteiger partial charge in [-0.2, -0.15) is 13.2 Å². The molecule has 0 aromatic rings. The monoisotopic (exact) mass is 353 g/mol. The average molecular weight is 354 g/mol. The van der Waals surface area contributed by atoms with Crippen LogP contribution in [-0.4, -0.2) is 80.4 Å². The predicted molar refractivity (Wildman–Crippen MR) is 76.2 cm³/mol. The lowest BCUT2D eigenvalue weighted by Crippen LogP contribution is -2.57. The van der Waals surface area contributed by atoms with Crippen LogP contribution < -0.4 is 5.32 Å². The number of alkyl halides is 3. The molecule has 2 heterocycles. The molecule has 1 amide bonds. The Balaban J connectivity index is 0.00000200. The maximum absolute atomic E-state index is 12.2. The van der Waals surface area contributed by atoms with Crippen LogP contribution in [0.2, 0.25) is 0 Å². The molecule has 0 aromatic carbocycles. The van der Waals surface area contributed by atoms with E-state index in [2.05, 4.69) is 5.32 Å². The van der Waals surface area contributed by atoms with Gasteiger partial charge in [0.05, 0.1) is 19.8 Å². The van der Waals surface area contributed by atoms with Crippen molar-refractivity contribution in [2.45, 2.75) is 12.2 Å². The fourth-order valence-corrected chi connectivity index (χ4v) is 2.32. The Hall–Kier alpha value is -0.280. The lowest BCUT2D eigenvalue weighted by Gasteiger charge is -2.37. The summed E-state index contributed by atoms with van der Waals surface area (Å²) in [7, 11) is 0. The summed E-state index contributed by atoms with van der Waals surface area (Å²) in [6, 6.07) is -0.358. The van der Waals surface area contributed by atoms with Gasteiger partial charge in [0.1, 0.15) is 6.04 Å². The molecule has 0 spiro atoms. The van der Waals surface area contributed by atoms with Crippen LogP contribution in [0.4, 0.5) is 13.2 Å². The number of halogens is 5. The van der Waals surface area contributed by atoms with Gasteiger partial charge in [0, 0.05) is 32.7 Å². The van der Waals surface area contributed by atoms with Gasteiger partial charge in [-0.05, 0) is 0 Å². The van der Waals surface area contributed by atoms with Crippen LogP contribution >= 0.6 is 24.8 Å². The van der Waals surface area contributed by atoms with Crippen LogP contribution in [0.15, 0.2) is 0 Å². The number of hydrogen-bond acceptors (Lipinski definition) is 4. The van der Waals surface area contributed by atoms with Gasteiger partial charge in [0.2, 0.25) is 5.91 Å². The van der Waals surface area contributed by atoms with Gasteiger partial charge >= 0.3 is 6.18 Å². The van der Waals surface area contributed by atoms with E-state index in [9.17, 15) is 18.0 Å². The van der Waals surface area contributed by atoms with E-state index < -0.39 is 12.7 Å². The first-order valence-corrected chi connectivity index (χ1v) is 6.35. The standard InChI is InChI=1S/C11H18F3N3O2.2ClH/c12-11(13,14)8-16-2-4-17(5-3-16)10(18)9-7-19-6-1-15-9;;/h9,15H,1-8H2;2*1H. The van der Waals surface area contributed by atoms with E-state index in [-0.39, 0.29) is 49.9 Å². The quantitative estimate of drug-likeness (QED) is 0.786. The van der Waals surface area contributed by atoms with Gasteiger partial charge in [-0.25, -0.2) is 0 Å². The van der Waals surface area contributed by atoms with Crippen molar-refractivity contribution in [3.8, 4) is 0 Å². The molecule has 2 aliphatic heterocycles. The molecule has 1 unspecified atom stereocenters. The normalized spacial score (nSPS) is 24.0. The van der Waals surface area contributed by atoms with E-state index in [0.717, 1.165) is 0 Å².